The van der Waals surface area contributed by atoms with Crippen LogP contribution < -0.4 is 4.90 Å². The van der Waals surface area contributed by atoms with Crippen LogP contribution in [0.25, 0.3) is 0 Å². The third-order valence-corrected chi connectivity index (χ3v) is 4.79. The van der Waals surface area contributed by atoms with Gasteiger partial charge in [-0.15, -0.1) is 0 Å². The summed E-state index contributed by atoms with van der Waals surface area (Å²) in [4.78, 5) is 2.46. The molecule has 0 bridgehead atoms. The maximum atomic E-state index is 10.0. The number of fused-ring (bicyclic) bond motifs is 1. The van der Waals surface area contributed by atoms with Crippen LogP contribution in [0.15, 0.2) is 18.2 Å². The van der Waals surface area contributed by atoms with E-state index < -0.39 is 6.10 Å². The molecule has 0 spiro atoms. The molecule has 2 fully saturated rings. The number of rotatable bonds is 2. The predicted octanol–water partition coefficient (Wildman–Crippen LogP) is 3.21. The topological polar surface area (TPSA) is 43.7 Å². The summed E-state index contributed by atoms with van der Waals surface area (Å²) in [7, 11) is 0. The zero-order valence-electron chi connectivity index (χ0n) is 11.5. The van der Waals surface area contributed by atoms with Crippen LogP contribution in [0.3, 0.4) is 0 Å². The normalized spacial score (nSPS) is 28.2. The van der Waals surface area contributed by atoms with Crippen molar-refractivity contribution in [2.24, 2.45) is 5.92 Å². The van der Waals surface area contributed by atoms with E-state index in [0.717, 1.165) is 18.2 Å². The van der Waals surface area contributed by atoms with Crippen LogP contribution in [0.2, 0.25) is 0 Å². The summed E-state index contributed by atoms with van der Waals surface area (Å²) in [5, 5.41) is 19.6. The number of phenolic OH excluding ortho intramolecular Hbond substituents is 1. The summed E-state index contributed by atoms with van der Waals surface area (Å²) >= 11 is 0. The summed E-state index contributed by atoms with van der Waals surface area (Å²) in [5.74, 6) is 1.06. The first-order valence-corrected chi connectivity index (χ1v) is 7.44. The van der Waals surface area contributed by atoms with E-state index in [9.17, 15) is 10.2 Å². The van der Waals surface area contributed by atoms with Crippen molar-refractivity contribution >= 4 is 5.69 Å². The second-order valence-electron chi connectivity index (χ2n) is 6.01. The SMILES string of the molecule is CC(O)c1ccc(N2CCCC3CCCC32)cc1O. The fourth-order valence-corrected chi connectivity index (χ4v) is 3.84. The highest BCUT2D eigenvalue weighted by molar-refractivity contribution is 5.55. The number of anilines is 1. The molecule has 2 aliphatic rings. The third kappa shape index (κ3) is 2.32. The van der Waals surface area contributed by atoms with Crippen LogP contribution in [-0.4, -0.2) is 22.8 Å². The molecule has 3 nitrogen and oxygen atoms in total. The van der Waals surface area contributed by atoms with Crippen LogP contribution in [0.1, 0.15) is 50.7 Å². The van der Waals surface area contributed by atoms with Crippen molar-refractivity contribution in [1.29, 1.82) is 0 Å². The van der Waals surface area contributed by atoms with Crippen LogP contribution in [0, 0.1) is 5.92 Å². The van der Waals surface area contributed by atoms with Crippen molar-refractivity contribution in [2.45, 2.75) is 51.2 Å². The summed E-state index contributed by atoms with van der Waals surface area (Å²) < 4.78 is 0. The predicted molar refractivity (Wildman–Crippen MR) is 76.4 cm³/mol. The van der Waals surface area contributed by atoms with Gasteiger partial charge in [-0.3, -0.25) is 0 Å². The van der Waals surface area contributed by atoms with Gasteiger partial charge in [0.2, 0.25) is 0 Å². The molecule has 0 aromatic heterocycles. The second kappa shape index (κ2) is 5.04. The Morgan fingerprint density at radius 3 is 2.74 bits per heavy atom. The van der Waals surface area contributed by atoms with Crippen LogP contribution in [-0.2, 0) is 0 Å². The smallest absolute Gasteiger partial charge is 0.123 e. The highest BCUT2D eigenvalue weighted by Gasteiger charge is 2.35. The van der Waals surface area contributed by atoms with Gasteiger partial charge < -0.3 is 15.1 Å². The average molecular weight is 261 g/mol. The van der Waals surface area contributed by atoms with Crippen molar-refractivity contribution in [2.75, 3.05) is 11.4 Å². The first-order valence-electron chi connectivity index (χ1n) is 7.44. The molecule has 19 heavy (non-hydrogen) atoms. The monoisotopic (exact) mass is 261 g/mol. The quantitative estimate of drug-likeness (QED) is 0.859. The van der Waals surface area contributed by atoms with Crippen LogP contribution >= 0.6 is 0 Å². The first kappa shape index (κ1) is 12.8. The van der Waals surface area contributed by atoms with E-state index in [2.05, 4.69) is 4.90 Å². The van der Waals surface area contributed by atoms with Gasteiger partial charge in [-0.25, -0.2) is 0 Å². The van der Waals surface area contributed by atoms with E-state index in [4.69, 9.17) is 0 Å². The minimum atomic E-state index is -0.616. The molecule has 1 heterocycles. The Balaban J connectivity index is 1.87. The molecule has 104 valence electrons. The van der Waals surface area contributed by atoms with Crippen molar-refractivity contribution < 1.29 is 10.2 Å². The van der Waals surface area contributed by atoms with Gasteiger partial charge in [-0.2, -0.15) is 0 Å². The number of hydrogen-bond acceptors (Lipinski definition) is 3. The minimum Gasteiger partial charge on any atom is -0.507 e. The molecule has 1 aromatic rings. The molecule has 1 aliphatic carbocycles. The Kier molecular flexibility index (Phi) is 3.40. The van der Waals surface area contributed by atoms with Crippen molar-refractivity contribution in [3.63, 3.8) is 0 Å². The Hall–Kier alpha value is -1.22. The standard InChI is InChI=1S/C16H23NO2/c1-11(18)14-8-7-13(10-16(14)19)17-9-3-5-12-4-2-6-15(12)17/h7-8,10-12,15,18-19H,2-6,9H2,1H3. The first-order chi connectivity index (χ1) is 9.16. The van der Waals surface area contributed by atoms with Gasteiger partial charge >= 0.3 is 0 Å². The molecule has 3 unspecified atom stereocenters. The molecular weight excluding hydrogens is 238 g/mol. The Morgan fingerprint density at radius 2 is 2.00 bits per heavy atom. The Bertz CT molecular complexity index is 458. The molecule has 3 atom stereocenters. The van der Waals surface area contributed by atoms with E-state index in [0.29, 0.717) is 11.6 Å². The number of aliphatic hydroxyl groups is 1. The number of aliphatic hydroxyl groups excluding tert-OH is 1. The van der Waals surface area contributed by atoms with Crippen molar-refractivity contribution in [3.8, 4) is 5.75 Å². The molecular formula is C16H23NO2. The summed E-state index contributed by atoms with van der Waals surface area (Å²) in [6.45, 7) is 2.78. The number of phenols is 1. The van der Waals surface area contributed by atoms with Crippen molar-refractivity contribution in [3.05, 3.63) is 23.8 Å². The highest BCUT2D eigenvalue weighted by atomic mass is 16.3. The molecule has 3 heteroatoms. The summed E-state index contributed by atoms with van der Waals surface area (Å²) in [5.41, 5.74) is 1.72. The van der Waals surface area contributed by atoms with E-state index in [-0.39, 0.29) is 5.75 Å². The Labute approximate surface area is 114 Å². The van der Waals surface area contributed by atoms with E-state index in [1.807, 2.05) is 18.2 Å². The maximum absolute atomic E-state index is 10.0. The van der Waals surface area contributed by atoms with E-state index in [1.165, 1.54) is 32.1 Å². The van der Waals surface area contributed by atoms with Gasteiger partial charge in [-0.1, -0.05) is 12.5 Å². The zero-order chi connectivity index (χ0) is 13.4. The molecule has 2 N–H and O–H groups in total. The van der Waals surface area contributed by atoms with Gasteiger partial charge in [-0.05, 0) is 44.6 Å². The van der Waals surface area contributed by atoms with Crippen LogP contribution in [0.4, 0.5) is 5.69 Å². The molecule has 0 amide bonds. The van der Waals surface area contributed by atoms with Gasteiger partial charge in [0.1, 0.15) is 5.75 Å². The lowest BCUT2D eigenvalue weighted by molar-refractivity contribution is 0.195. The molecule has 1 aromatic carbocycles. The molecule has 1 saturated heterocycles. The number of hydrogen-bond donors (Lipinski definition) is 2. The second-order valence-corrected chi connectivity index (χ2v) is 6.01. The van der Waals surface area contributed by atoms with E-state index in [1.54, 1.807) is 6.92 Å². The number of aromatic hydroxyl groups is 1. The number of piperidine rings is 1. The fraction of sp³-hybridized carbons (Fsp3) is 0.625. The van der Waals surface area contributed by atoms with Gasteiger partial charge in [0, 0.05) is 29.9 Å². The fourth-order valence-electron chi connectivity index (χ4n) is 3.84. The lowest BCUT2D eigenvalue weighted by Gasteiger charge is -2.39. The largest absolute Gasteiger partial charge is 0.507 e. The van der Waals surface area contributed by atoms with Gasteiger partial charge in [0.15, 0.2) is 0 Å². The van der Waals surface area contributed by atoms with E-state index >= 15 is 0 Å². The third-order valence-electron chi connectivity index (χ3n) is 4.79. The maximum Gasteiger partial charge on any atom is 0.123 e. The zero-order valence-corrected chi connectivity index (χ0v) is 11.5. The lowest BCUT2D eigenvalue weighted by atomic mass is 9.91. The lowest BCUT2D eigenvalue weighted by Crippen LogP contribution is -2.42. The Morgan fingerprint density at radius 1 is 1.21 bits per heavy atom. The number of nitrogens with zero attached hydrogens (tertiary/aromatic N) is 1. The molecule has 3 rings (SSSR count). The summed E-state index contributed by atoms with van der Waals surface area (Å²) in [6, 6.07) is 6.38. The van der Waals surface area contributed by atoms with Gasteiger partial charge in [0.25, 0.3) is 0 Å². The molecule has 1 aliphatic heterocycles. The number of benzene rings is 1. The van der Waals surface area contributed by atoms with Crippen molar-refractivity contribution in [1.82, 2.24) is 0 Å². The van der Waals surface area contributed by atoms with Crippen LogP contribution in [0.5, 0.6) is 5.75 Å². The molecule has 0 radical (unpaired) electrons. The minimum absolute atomic E-state index is 0.215. The van der Waals surface area contributed by atoms with Gasteiger partial charge in [0.05, 0.1) is 6.10 Å². The summed E-state index contributed by atoms with van der Waals surface area (Å²) in [6.07, 6.45) is 5.97. The molecule has 1 saturated carbocycles. The average Bonchev–Trinajstić information content (AvgIpc) is 2.86. The highest BCUT2D eigenvalue weighted by Crippen LogP contribution is 2.40.